The van der Waals surface area contributed by atoms with E-state index >= 15 is 0 Å². The van der Waals surface area contributed by atoms with E-state index in [1.54, 1.807) is 0 Å². The predicted octanol–water partition coefficient (Wildman–Crippen LogP) is 2.48. The van der Waals surface area contributed by atoms with Crippen molar-refractivity contribution in [1.29, 1.82) is 0 Å². The molecule has 2 rings (SSSR count). The molecule has 0 fully saturated rings. The van der Waals surface area contributed by atoms with Gasteiger partial charge < -0.3 is 14.4 Å². The van der Waals surface area contributed by atoms with Gasteiger partial charge in [-0.3, -0.25) is 9.52 Å². The second kappa shape index (κ2) is 7.78. The molecule has 10 heteroatoms. The molecule has 0 aliphatic heterocycles. The maximum atomic E-state index is 13.9. The van der Waals surface area contributed by atoms with Gasteiger partial charge in [-0.15, -0.1) is 0 Å². The first-order valence-electron chi connectivity index (χ1n) is 7.56. The van der Waals surface area contributed by atoms with Gasteiger partial charge in [0.2, 0.25) is 0 Å². The smallest absolute Gasteiger partial charge is 0.264 e. The Morgan fingerprint density at radius 1 is 1.04 bits per heavy atom. The largest absolute Gasteiger partial charge is 0.493 e. The van der Waals surface area contributed by atoms with Crippen LogP contribution in [0.25, 0.3) is 0 Å². The number of benzene rings is 2. The molecule has 0 saturated heterocycles. The maximum Gasteiger partial charge on any atom is 0.264 e. The lowest BCUT2D eigenvalue weighted by Crippen LogP contribution is -2.24. The summed E-state index contributed by atoms with van der Waals surface area (Å²) in [6, 6.07) is 4.56. The Balaban J connectivity index is 2.62. The zero-order chi connectivity index (χ0) is 20.4. The molecule has 0 saturated carbocycles. The van der Waals surface area contributed by atoms with Crippen LogP contribution in [-0.4, -0.2) is 47.5 Å². The van der Waals surface area contributed by atoms with Gasteiger partial charge >= 0.3 is 0 Å². The van der Waals surface area contributed by atoms with Crippen LogP contribution >= 0.6 is 0 Å². The van der Waals surface area contributed by atoms with Gasteiger partial charge in [-0.05, 0) is 24.3 Å². The van der Waals surface area contributed by atoms with Crippen molar-refractivity contribution in [3.8, 4) is 11.5 Å². The summed E-state index contributed by atoms with van der Waals surface area (Å²) in [5.41, 5.74) is -0.229. The van der Waals surface area contributed by atoms with Gasteiger partial charge in [-0.1, -0.05) is 0 Å². The highest BCUT2D eigenvalue weighted by molar-refractivity contribution is 7.92. The van der Waals surface area contributed by atoms with Crippen LogP contribution in [0.15, 0.2) is 35.2 Å². The Kier molecular flexibility index (Phi) is 5.89. The number of rotatable bonds is 6. The van der Waals surface area contributed by atoms with E-state index in [2.05, 4.69) is 4.72 Å². The minimum Gasteiger partial charge on any atom is -0.493 e. The van der Waals surface area contributed by atoms with Gasteiger partial charge in [-0.25, -0.2) is 17.2 Å². The molecular weight excluding hydrogens is 382 g/mol. The number of halogens is 2. The third-order valence-electron chi connectivity index (χ3n) is 3.59. The van der Waals surface area contributed by atoms with Crippen LogP contribution in [-0.2, 0) is 10.0 Å². The van der Waals surface area contributed by atoms with Gasteiger partial charge in [-0.2, -0.15) is 0 Å². The molecule has 7 nitrogen and oxygen atoms in total. The number of hydrogen-bond donors (Lipinski definition) is 1. The quantitative estimate of drug-likeness (QED) is 0.805. The van der Waals surface area contributed by atoms with Crippen molar-refractivity contribution in [3.05, 3.63) is 47.5 Å². The zero-order valence-electron chi connectivity index (χ0n) is 15.0. The molecule has 0 unspecified atom stereocenters. The van der Waals surface area contributed by atoms with E-state index < -0.39 is 32.5 Å². The molecule has 1 N–H and O–H groups in total. The summed E-state index contributed by atoms with van der Waals surface area (Å²) >= 11 is 0. The highest BCUT2D eigenvalue weighted by Crippen LogP contribution is 2.35. The molecule has 2 aromatic carbocycles. The number of hydrogen-bond acceptors (Lipinski definition) is 5. The highest BCUT2D eigenvalue weighted by atomic mass is 32.2. The van der Waals surface area contributed by atoms with Crippen molar-refractivity contribution in [2.75, 3.05) is 33.0 Å². The van der Waals surface area contributed by atoms with E-state index in [1.165, 1.54) is 45.3 Å². The first-order valence-corrected chi connectivity index (χ1v) is 9.04. The summed E-state index contributed by atoms with van der Waals surface area (Å²) in [6.45, 7) is 0. The molecule has 0 bridgehead atoms. The van der Waals surface area contributed by atoms with Gasteiger partial charge in [0.05, 0.1) is 25.5 Å². The first-order chi connectivity index (χ1) is 12.6. The fourth-order valence-electron chi connectivity index (χ4n) is 2.26. The van der Waals surface area contributed by atoms with Crippen LogP contribution in [0.1, 0.15) is 10.4 Å². The Labute approximate surface area is 155 Å². The van der Waals surface area contributed by atoms with Crippen molar-refractivity contribution >= 4 is 21.6 Å². The minimum absolute atomic E-state index is 0.0574. The molecule has 27 heavy (non-hydrogen) atoms. The zero-order valence-corrected chi connectivity index (χ0v) is 15.9. The van der Waals surface area contributed by atoms with Crippen molar-refractivity contribution in [2.24, 2.45) is 0 Å². The van der Waals surface area contributed by atoms with Crippen LogP contribution < -0.4 is 14.2 Å². The lowest BCUT2D eigenvalue weighted by Gasteiger charge is -2.18. The Hall–Kier alpha value is -2.88. The summed E-state index contributed by atoms with van der Waals surface area (Å²) in [4.78, 5) is 12.8. The Morgan fingerprint density at radius 3 is 2.19 bits per heavy atom. The number of ether oxygens (including phenoxy) is 2. The standard InChI is InChI=1S/C17H18F2N2O5S/c1-21(2)17(22)11-8-14(25-3)15(26-4)9-13(11)20-27(23,24)16-7-10(18)5-6-12(16)19/h5-9,20H,1-4H3. The summed E-state index contributed by atoms with van der Waals surface area (Å²) < 4.78 is 64.8. The van der Waals surface area contributed by atoms with Crippen molar-refractivity contribution in [1.82, 2.24) is 4.90 Å². The van der Waals surface area contributed by atoms with E-state index in [4.69, 9.17) is 9.47 Å². The molecule has 0 aliphatic rings. The minimum atomic E-state index is -4.52. The number of nitrogens with zero attached hydrogens (tertiary/aromatic N) is 1. The third-order valence-corrected chi connectivity index (χ3v) is 4.97. The fourth-order valence-corrected chi connectivity index (χ4v) is 3.42. The first kappa shape index (κ1) is 20.4. The van der Waals surface area contributed by atoms with Crippen molar-refractivity contribution in [3.63, 3.8) is 0 Å². The number of carbonyl (C=O) groups is 1. The second-order valence-corrected chi connectivity index (χ2v) is 7.28. The van der Waals surface area contributed by atoms with E-state index in [0.29, 0.717) is 12.1 Å². The Morgan fingerprint density at radius 2 is 1.63 bits per heavy atom. The van der Waals surface area contributed by atoms with Gasteiger partial charge in [0.15, 0.2) is 11.5 Å². The number of carbonyl (C=O) groups excluding carboxylic acids is 1. The van der Waals surface area contributed by atoms with Crippen molar-refractivity contribution < 1.29 is 31.5 Å². The average Bonchev–Trinajstić information content (AvgIpc) is 2.62. The summed E-state index contributed by atoms with van der Waals surface area (Å²) in [5, 5.41) is 0. The second-order valence-electron chi connectivity index (χ2n) is 5.63. The van der Waals surface area contributed by atoms with Gasteiger partial charge in [0.1, 0.15) is 16.5 Å². The maximum absolute atomic E-state index is 13.9. The molecule has 2 aromatic rings. The SMILES string of the molecule is COc1cc(NS(=O)(=O)c2cc(F)ccc2F)c(C(=O)N(C)C)cc1OC. The molecule has 1 amide bonds. The van der Waals surface area contributed by atoms with Gasteiger partial charge in [0, 0.05) is 20.2 Å². The third kappa shape index (κ3) is 4.27. The van der Waals surface area contributed by atoms with E-state index in [9.17, 15) is 22.0 Å². The highest BCUT2D eigenvalue weighted by Gasteiger charge is 2.25. The summed E-state index contributed by atoms with van der Waals surface area (Å²) in [7, 11) is 1.11. The topological polar surface area (TPSA) is 84.9 Å². The van der Waals surface area contributed by atoms with Crippen molar-refractivity contribution in [2.45, 2.75) is 4.90 Å². The normalized spacial score (nSPS) is 11.0. The monoisotopic (exact) mass is 400 g/mol. The molecule has 0 aliphatic carbocycles. The number of amides is 1. The van der Waals surface area contributed by atoms with Gasteiger partial charge in [0.25, 0.3) is 15.9 Å². The molecule has 0 heterocycles. The summed E-state index contributed by atoms with van der Waals surface area (Å²) in [6.07, 6.45) is 0. The van der Waals surface area contributed by atoms with Crippen LogP contribution in [0.5, 0.6) is 11.5 Å². The number of nitrogens with one attached hydrogen (secondary N) is 1. The number of anilines is 1. The van der Waals surface area contributed by atoms with Crippen LogP contribution in [0.3, 0.4) is 0 Å². The predicted molar refractivity (Wildman–Crippen MR) is 94.7 cm³/mol. The van der Waals surface area contributed by atoms with E-state index in [1.807, 2.05) is 0 Å². The average molecular weight is 400 g/mol. The van der Waals surface area contributed by atoms with E-state index in [0.717, 1.165) is 6.07 Å². The molecular formula is C17H18F2N2O5S. The molecule has 0 radical (unpaired) electrons. The van der Waals surface area contributed by atoms with Crippen LogP contribution in [0, 0.1) is 11.6 Å². The lowest BCUT2D eigenvalue weighted by molar-refractivity contribution is 0.0828. The molecule has 146 valence electrons. The Bertz CT molecular complexity index is 978. The molecule has 0 aromatic heterocycles. The number of sulfonamides is 1. The molecule has 0 spiro atoms. The fraction of sp³-hybridized carbons (Fsp3) is 0.235. The lowest BCUT2D eigenvalue weighted by atomic mass is 10.1. The summed E-state index contributed by atoms with van der Waals surface area (Å²) in [5.74, 6) is -2.25. The molecule has 0 atom stereocenters. The van der Waals surface area contributed by atoms with E-state index in [-0.39, 0.29) is 22.7 Å². The van der Waals surface area contributed by atoms with Crippen LogP contribution in [0.4, 0.5) is 14.5 Å². The number of methoxy groups -OCH3 is 2. The van der Waals surface area contributed by atoms with Crippen LogP contribution in [0.2, 0.25) is 0 Å².